The van der Waals surface area contributed by atoms with E-state index in [1.807, 2.05) is 4.90 Å². The third kappa shape index (κ3) is 3.44. The summed E-state index contributed by atoms with van der Waals surface area (Å²) >= 11 is 1.80. The minimum absolute atomic E-state index is 0.0255. The summed E-state index contributed by atoms with van der Waals surface area (Å²) < 4.78 is 16.1. The number of methoxy groups -OCH3 is 3. The summed E-state index contributed by atoms with van der Waals surface area (Å²) in [5, 5.41) is 2.11. The van der Waals surface area contributed by atoms with Gasteiger partial charge in [0.15, 0.2) is 11.5 Å². The Hall–Kier alpha value is -2.21. The highest BCUT2D eigenvalue weighted by atomic mass is 32.1. The van der Waals surface area contributed by atoms with Crippen molar-refractivity contribution >= 4 is 17.2 Å². The quantitative estimate of drug-likeness (QED) is 0.813. The number of thiophene rings is 1. The van der Waals surface area contributed by atoms with Gasteiger partial charge in [-0.25, -0.2) is 0 Å². The summed E-state index contributed by atoms with van der Waals surface area (Å²) in [6.07, 6.45) is 1.98. The molecular formula is C19H23NO4S. The zero-order chi connectivity index (χ0) is 17.8. The molecule has 25 heavy (non-hydrogen) atoms. The molecule has 1 saturated heterocycles. The van der Waals surface area contributed by atoms with Crippen LogP contribution < -0.4 is 14.2 Å². The molecule has 2 heterocycles. The monoisotopic (exact) mass is 361 g/mol. The van der Waals surface area contributed by atoms with Crippen LogP contribution in [0.4, 0.5) is 0 Å². The first-order chi connectivity index (χ1) is 12.2. The second-order valence-corrected chi connectivity index (χ2v) is 6.94. The average Bonchev–Trinajstić information content (AvgIpc) is 3.21. The Kier molecular flexibility index (Phi) is 5.48. The van der Waals surface area contributed by atoms with Crippen LogP contribution in [0.25, 0.3) is 0 Å². The van der Waals surface area contributed by atoms with Gasteiger partial charge in [-0.05, 0) is 42.3 Å². The minimum Gasteiger partial charge on any atom is -0.493 e. The molecular weight excluding hydrogens is 338 g/mol. The van der Waals surface area contributed by atoms with Crippen molar-refractivity contribution < 1.29 is 19.0 Å². The highest BCUT2D eigenvalue weighted by molar-refractivity contribution is 7.10. The van der Waals surface area contributed by atoms with Gasteiger partial charge in [-0.2, -0.15) is 0 Å². The van der Waals surface area contributed by atoms with Crippen LogP contribution in [0.3, 0.4) is 0 Å². The van der Waals surface area contributed by atoms with Gasteiger partial charge in [0.1, 0.15) is 0 Å². The smallest absolute Gasteiger partial charge is 0.257 e. The van der Waals surface area contributed by atoms with Gasteiger partial charge in [0, 0.05) is 18.0 Å². The first-order valence-corrected chi connectivity index (χ1v) is 9.19. The van der Waals surface area contributed by atoms with Crippen LogP contribution in [0.1, 0.15) is 34.0 Å². The summed E-state index contributed by atoms with van der Waals surface area (Å²) in [7, 11) is 4.65. The number of benzene rings is 1. The van der Waals surface area contributed by atoms with E-state index in [4.69, 9.17) is 14.2 Å². The maximum absolute atomic E-state index is 13.0. The van der Waals surface area contributed by atoms with Gasteiger partial charge in [0.25, 0.3) is 5.91 Å². The Morgan fingerprint density at radius 3 is 2.32 bits per heavy atom. The van der Waals surface area contributed by atoms with Crippen LogP contribution in [-0.4, -0.2) is 45.2 Å². The van der Waals surface area contributed by atoms with Gasteiger partial charge in [0.05, 0.1) is 26.9 Å². The second-order valence-electron chi connectivity index (χ2n) is 5.96. The molecule has 0 N–H and O–H groups in total. The van der Waals surface area contributed by atoms with E-state index in [2.05, 4.69) is 17.5 Å². The standard InChI is InChI=1S/C19H23NO4S/c1-22-15-7-6-14(17(23-2)18(15)24-3)19(21)20-10-8-13(9-11-20)16-5-4-12-25-16/h4-7,12-13H,8-11H2,1-3H3. The van der Waals surface area contributed by atoms with Crippen molar-refractivity contribution in [2.45, 2.75) is 18.8 Å². The number of amides is 1. The van der Waals surface area contributed by atoms with Crippen molar-refractivity contribution in [2.75, 3.05) is 34.4 Å². The van der Waals surface area contributed by atoms with Crippen molar-refractivity contribution in [3.05, 3.63) is 40.1 Å². The van der Waals surface area contributed by atoms with Gasteiger partial charge >= 0.3 is 0 Å². The molecule has 0 spiro atoms. The van der Waals surface area contributed by atoms with Crippen molar-refractivity contribution in [1.82, 2.24) is 4.90 Å². The molecule has 0 saturated carbocycles. The molecule has 1 aromatic carbocycles. The number of hydrogen-bond acceptors (Lipinski definition) is 5. The lowest BCUT2D eigenvalue weighted by Crippen LogP contribution is -2.38. The van der Waals surface area contributed by atoms with Crippen molar-refractivity contribution in [3.8, 4) is 17.2 Å². The molecule has 6 heteroatoms. The molecule has 1 aliphatic heterocycles. The van der Waals surface area contributed by atoms with Crippen LogP contribution >= 0.6 is 11.3 Å². The van der Waals surface area contributed by atoms with E-state index in [1.165, 1.54) is 12.0 Å². The molecule has 2 aromatic rings. The highest BCUT2D eigenvalue weighted by Gasteiger charge is 2.28. The molecule has 1 aromatic heterocycles. The summed E-state index contributed by atoms with van der Waals surface area (Å²) in [5.41, 5.74) is 0.509. The minimum atomic E-state index is -0.0255. The molecule has 1 fully saturated rings. The Labute approximate surface area is 152 Å². The third-order valence-corrected chi connectivity index (χ3v) is 5.70. The van der Waals surface area contributed by atoms with E-state index in [9.17, 15) is 4.79 Å². The number of nitrogens with zero attached hydrogens (tertiary/aromatic N) is 1. The molecule has 0 atom stereocenters. The second kappa shape index (κ2) is 7.78. The summed E-state index contributed by atoms with van der Waals surface area (Å²) in [6, 6.07) is 7.76. The number of piperidine rings is 1. The first-order valence-electron chi connectivity index (χ1n) is 8.31. The van der Waals surface area contributed by atoms with E-state index in [1.54, 1.807) is 37.7 Å². The molecule has 0 bridgehead atoms. The molecule has 134 valence electrons. The summed E-state index contributed by atoms with van der Waals surface area (Å²) in [4.78, 5) is 16.3. The van der Waals surface area contributed by atoms with Crippen LogP contribution in [-0.2, 0) is 0 Å². The van der Waals surface area contributed by atoms with Crippen molar-refractivity contribution in [1.29, 1.82) is 0 Å². The van der Waals surface area contributed by atoms with Gasteiger partial charge in [-0.15, -0.1) is 11.3 Å². The van der Waals surface area contributed by atoms with Crippen LogP contribution in [0, 0.1) is 0 Å². The molecule has 0 aliphatic carbocycles. The molecule has 1 aliphatic rings. The van der Waals surface area contributed by atoms with Crippen LogP contribution in [0.5, 0.6) is 17.2 Å². The molecule has 3 rings (SSSR count). The normalized spacial score (nSPS) is 15.1. The summed E-state index contributed by atoms with van der Waals surface area (Å²) in [5.74, 6) is 1.95. The number of ether oxygens (including phenoxy) is 3. The average molecular weight is 361 g/mol. The van der Waals surface area contributed by atoms with Gasteiger partial charge < -0.3 is 19.1 Å². The zero-order valence-electron chi connectivity index (χ0n) is 14.8. The van der Waals surface area contributed by atoms with Crippen molar-refractivity contribution in [3.63, 3.8) is 0 Å². The fourth-order valence-electron chi connectivity index (χ4n) is 3.33. The topological polar surface area (TPSA) is 48.0 Å². The number of carbonyl (C=O) groups is 1. The predicted octanol–water partition coefficient (Wildman–Crippen LogP) is 3.79. The number of carbonyl (C=O) groups excluding carboxylic acids is 1. The van der Waals surface area contributed by atoms with E-state index < -0.39 is 0 Å². The lowest BCUT2D eigenvalue weighted by atomic mass is 9.95. The maximum atomic E-state index is 13.0. The molecule has 0 radical (unpaired) electrons. The van der Waals surface area contributed by atoms with Gasteiger partial charge in [0.2, 0.25) is 5.75 Å². The number of likely N-dealkylation sites (tertiary alicyclic amines) is 1. The Morgan fingerprint density at radius 2 is 1.76 bits per heavy atom. The van der Waals surface area contributed by atoms with E-state index in [-0.39, 0.29) is 5.91 Å². The molecule has 1 amide bonds. The maximum Gasteiger partial charge on any atom is 0.257 e. The Morgan fingerprint density at radius 1 is 1.04 bits per heavy atom. The van der Waals surface area contributed by atoms with Gasteiger partial charge in [-0.1, -0.05) is 6.07 Å². The lowest BCUT2D eigenvalue weighted by molar-refractivity contribution is 0.0709. The fraction of sp³-hybridized carbons (Fsp3) is 0.421. The third-order valence-electron chi connectivity index (χ3n) is 4.66. The number of hydrogen-bond donors (Lipinski definition) is 0. The lowest BCUT2D eigenvalue weighted by Gasteiger charge is -2.32. The summed E-state index contributed by atoms with van der Waals surface area (Å²) in [6.45, 7) is 1.50. The predicted molar refractivity (Wildman–Crippen MR) is 98.3 cm³/mol. The van der Waals surface area contributed by atoms with E-state index in [0.29, 0.717) is 28.7 Å². The highest BCUT2D eigenvalue weighted by Crippen LogP contribution is 2.40. The zero-order valence-corrected chi connectivity index (χ0v) is 15.6. The molecule has 0 unspecified atom stereocenters. The van der Waals surface area contributed by atoms with Gasteiger partial charge in [-0.3, -0.25) is 4.79 Å². The van der Waals surface area contributed by atoms with E-state index >= 15 is 0 Å². The van der Waals surface area contributed by atoms with Crippen LogP contribution in [0.15, 0.2) is 29.6 Å². The Balaban J connectivity index is 1.78. The molecule has 5 nitrogen and oxygen atoms in total. The van der Waals surface area contributed by atoms with Crippen molar-refractivity contribution in [2.24, 2.45) is 0 Å². The van der Waals surface area contributed by atoms with Crippen LogP contribution in [0.2, 0.25) is 0 Å². The largest absolute Gasteiger partial charge is 0.493 e. The number of rotatable bonds is 5. The van der Waals surface area contributed by atoms with E-state index in [0.717, 1.165) is 25.9 Å². The Bertz CT molecular complexity index is 721. The SMILES string of the molecule is COc1ccc(C(=O)N2CCC(c3cccs3)CC2)c(OC)c1OC. The fourth-order valence-corrected chi connectivity index (χ4v) is 4.23. The first kappa shape index (κ1) is 17.6.